The zero-order valence-corrected chi connectivity index (χ0v) is 13.2. The van der Waals surface area contributed by atoms with Crippen LogP contribution in [0.2, 0.25) is 5.02 Å². The highest BCUT2D eigenvalue weighted by Gasteiger charge is 2.37. The summed E-state index contributed by atoms with van der Waals surface area (Å²) in [5.74, 6) is -2.87. The lowest BCUT2D eigenvalue weighted by atomic mass is 9.83. The van der Waals surface area contributed by atoms with Gasteiger partial charge in [0.05, 0.1) is 22.8 Å². The van der Waals surface area contributed by atoms with Crippen molar-refractivity contribution in [2.45, 2.75) is 64.8 Å². The van der Waals surface area contributed by atoms with Gasteiger partial charge in [-0.2, -0.15) is 5.10 Å². The van der Waals surface area contributed by atoms with Crippen LogP contribution < -0.4 is 0 Å². The molecule has 1 fully saturated rings. The molecule has 3 nitrogen and oxygen atoms in total. The number of aromatic nitrogens is 2. The minimum atomic E-state index is -2.60. The van der Waals surface area contributed by atoms with Gasteiger partial charge in [-0.15, -0.1) is 0 Å². The summed E-state index contributed by atoms with van der Waals surface area (Å²) in [6.07, 6.45) is 1.06. The first-order chi connectivity index (χ1) is 9.88. The number of hydrogen-bond acceptors (Lipinski definition) is 2. The molecular weight excluding hydrogens is 298 g/mol. The number of aryl methyl sites for hydroxylation is 2. The van der Waals surface area contributed by atoms with Crippen LogP contribution in [0, 0.1) is 5.92 Å². The maximum absolute atomic E-state index is 13.2. The van der Waals surface area contributed by atoms with E-state index in [9.17, 15) is 13.6 Å². The van der Waals surface area contributed by atoms with Crippen molar-refractivity contribution < 1.29 is 13.6 Å². The van der Waals surface area contributed by atoms with Crippen LogP contribution in [0.4, 0.5) is 8.78 Å². The summed E-state index contributed by atoms with van der Waals surface area (Å²) in [5, 5.41) is 4.93. The zero-order valence-electron chi connectivity index (χ0n) is 12.5. The highest BCUT2D eigenvalue weighted by Crippen LogP contribution is 2.37. The fraction of sp³-hybridized carbons (Fsp3) is 0.733. The minimum absolute atomic E-state index is 0.00431. The molecule has 0 atom stereocenters. The fourth-order valence-electron chi connectivity index (χ4n) is 2.86. The summed E-state index contributed by atoms with van der Waals surface area (Å²) in [6, 6.07) is 0. The number of nitrogens with zero attached hydrogens (tertiary/aromatic N) is 2. The third kappa shape index (κ3) is 3.62. The van der Waals surface area contributed by atoms with Crippen LogP contribution in [0.15, 0.2) is 0 Å². The molecule has 0 bridgehead atoms. The van der Waals surface area contributed by atoms with Crippen molar-refractivity contribution in [3.8, 4) is 0 Å². The lowest BCUT2D eigenvalue weighted by Gasteiger charge is -2.27. The first kappa shape index (κ1) is 16.4. The van der Waals surface area contributed by atoms with Crippen molar-refractivity contribution in [1.82, 2.24) is 9.78 Å². The van der Waals surface area contributed by atoms with E-state index in [-0.39, 0.29) is 43.8 Å². The van der Waals surface area contributed by atoms with Crippen molar-refractivity contribution in [2.24, 2.45) is 5.92 Å². The molecule has 0 spiro atoms. The average Bonchev–Trinajstić information content (AvgIpc) is 2.75. The van der Waals surface area contributed by atoms with Crippen molar-refractivity contribution >= 4 is 17.4 Å². The minimum Gasteiger partial charge on any atom is -0.299 e. The van der Waals surface area contributed by atoms with Gasteiger partial charge in [0.15, 0.2) is 0 Å². The Kier molecular flexibility index (Phi) is 5.02. The standard InChI is InChI=1S/C15H21ClF2N2O/c1-3-11-14(16)12(20(4-2)19-11)9-13(21)10-5-7-15(17,18)8-6-10/h10H,3-9H2,1-2H3. The predicted molar refractivity (Wildman–Crippen MR) is 77.9 cm³/mol. The second-order valence-electron chi connectivity index (χ2n) is 5.65. The van der Waals surface area contributed by atoms with E-state index in [1.807, 2.05) is 13.8 Å². The van der Waals surface area contributed by atoms with E-state index in [1.165, 1.54) is 0 Å². The van der Waals surface area contributed by atoms with Gasteiger partial charge in [0.25, 0.3) is 0 Å². The Bertz CT molecular complexity index is 518. The van der Waals surface area contributed by atoms with Gasteiger partial charge in [-0.3, -0.25) is 9.48 Å². The first-order valence-corrected chi connectivity index (χ1v) is 7.90. The van der Waals surface area contributed by atoms with Gasteiger partial charge in [-0.25, -0.2) is 8.78 Å². The van der Waals surface area contributed by atoms with Gasteiger partial charge < -0.3 is 0 Å². The molecule has 0 amide bonds. The number of Topliss-reactive ketones (excluding diaryl/α,β-unsaturated/α-hetero) is 1. The molecule has 0 aromatic carbocycles. The summed E-state index contributed by atoms with van der Waals surface area (Å²) >= 11 is 6.28. The maximum atomic E-state index is 13.2. The summed E-state index contributed by atoms with van der Waals surface area (Å²) in [5.41, 5.74) is 1.51. The zero-order chi connectivity index (χ0) is 15.6. The summed E-state index contributed by atoms with van der Waals surface area (Å²) < 4.78 is 28.1. The van der Waals surface area contributed by atoms with E-state index in [0.29, 0.717) is 18.0 Å². The average molecular weight is 319 g/mol. The first-order valence-electron chi connectivity index (χ1n) is 7.52. The third-order valence-electron chi connectivity index (χ3n) is 4.21. The topological polar surface area (TPSA) is 34.9 Å². The molecule has 1 heterocycles. The van der Waals surface area contributed by atoms with E-state index in [2.05, 4.69) is 5.10 Å². The van der Waals surface area contributed by atoms with Crippen LogP contribution in [-0.2, 0) is 24.2 Å². The molecule has 1 aliphatic carbocycles. The maximum Gasteiger partial charge on any atom is 0.248 e. The molecule has 6 heteroatoms. The number of carbonyl (C=O) groups is 1. The molecule has 1 saturated carbocycles. The smallest absolute Gasteiger partial charge is 0.248 e. The van der Waals surface area contributed by atoms with Crippen molar-refractivity contribution in [3.63, 3.8) is 0 Å². The number of rotatable bonds is 5. The second kappa shape index (κ2) is 6.42. The molecular formula is C15H21ClF2N2O. The highest BCUT2D eigenvalue weighted by atomic mass is 35.5. The van der Waals surface area contributed by atoms with Crippen LogP contribution in [0.5, 0.6) is 0 Å². The second-order valence-corrected chi connectivity index (χ2v) is 6.03. The molecule has 0 radical (unpaired) electrons. The van der Waals surface area contributed by atoms with Crippen LogP contribution in [0.3, 0.4) is 0 Å². The number of hydrogen-bond donors (Lipinski definition) is 0. The summed E-state index contributed by atoms with van der Waals surface area (Å²) in [7, 11) is 0. The van der Waals surface area contributed by atoms with Crippen molar-refractivity contribution in [2.75, 3.05) is 0 Å². The third-order valence-corrected chi connectivity index (χ3v) is 4.64. The van der Waals surface area contributed by atoms with Gasteiger partial charge in [0, 0.05) is 25.3 Å². The molecule has 0 aliphatic heterocycles. The molecule has 118 valence electrons. The van der Waals surface area contributed by atoms with Crippen molar-refractivity contribution in [3.05, 3.63) is 16.4 Å². The molecule has 2 rings (SSSR count). The molecule has 21 heavy (non-hydrogen) atoms. The molecule has 1 aromatic rings. The van der Waals surface area contributed by atoms with Crippen LogP contribution >= 0.6 is 11.6 Å². The largest absolute Gasteiger partial charge is 0.299 e. The Hall–Kier alpha value is -0.970. The van der Waals surface area contributed by atoms with E-state index < -0.39 is 5.92 Å². The van der Waals surface area contributed by atoms with E-state index in [1.54, 1.807) is 4.68 Å². The number of carbonyl (C=O) groups excluding carboxylic acids is 1. The predicted octanol–water partition coefficient (Wildman–Crippen LogP) is 4.06. The lowest BCUT2D eigenvalue weighted by Crippen LogP contribution is -2.29. The van der Waals surface area contributed by atoms with Gasteiger partial charge in [-0.1, -0.05) is 18.5 Å². The molecule has 0 saturated heterocycles. The highest BCUT2D eigenvalue weighted by molar-refractivity contribution is 6.32. The number of halogens is 3. The van der Waals surface area contributed by atoms with E-state index >= 15 is 0 Å². The number of ketones is 1. The Morgan fingerprint density at radius 1 is 1.38 bits per heavy atom. The quantitative estimate of drug-likeness (QED) is 0.820. The fourth-order valence-corrected chi connectivity index (χ4v) is 3.19. The van der Waals surface area contributed by atoms with Gasteiger partial charge in [-0.05, 0) is 26.2 Å². The van der Waals surface area contributed by atoms with E-state index in [0.717, 1.165) is 11.4 Å². The number of alkyl halides is 2. The molecule has 0 unspecified atom stereocenters. The Labute approximate surface area is 128 Å². The van der Waals surface area contributed by atoms with Crippen LogP contribution in [0.25, 0.3) is 0 Å². The van der Waals surface area contributed by atoms with Gasteiger partial charge in [0.1, 0.15) is 5.78 Å². The Morgan fingerprint density at radius 2 is 2.00 bits per heavy atom. The van der Waals surface area contributed by atoms with Crippen LogP contribution in [0.1, 0.15) is 50.9 Å². The molecule has 1 aliphatic rings. The van der Waals surface area contributed by atoms with Gasteiger partial charge in [0.2, 0.25) is 5.92 Å². The van der Waals surface area contributed by atoms with Gasteiger partial charge >= 0.3 is 0 Å². The monoisotopic (exact) mass is 318 g/mol. The SMILES string of the molecule is CCc1nn(CC)c(CC(=O)C2CCC(F)(F)CC2)c1Cl. The normalized spacial score (nSPS) is 18.9. The Balaban J connectivity index is 2.08. The summed E-state index contributed by atoms with van der Waals surface area (Å²) in [4.78, 5) is 12.4. The van der Waals surface area contributed by atoms with Crippen LogP contribution in [-0.4, -0.2) is 21.5 Å². The Morgan fingerprint density at radius 3 is 2.52 bits per heavy atom. The summed E-state index contributed by atoms with van der Waals surface area (Å²) in [6.45, 7) is 4.55. The van der Waals surface area contributed by atoms with Crippen molar-refractivity contribution in [1.29, 1.82) is 0 Å². The lowest BCUT2D eigenvalue weighted by molar-refractivity contribution is -0.126. The van der Waals surface area contributed by atoms with E-state index in [4.69, 9.17) is 11.6 Å². The molecule has 1 aromatic heterocycles. The molecule has 0 N–H and O–H groups in total.